The Morgan fingerprint density at radius 2 is 2.42 bits per heavy atom. The van der Waals surface area contributed by atoms with E-state index in [0.29, 0.717) is 5.15 Å². The Morgan fingerprint density at radius 1 is 1.67 bits per heavy atom. The maximum Gasteiger partial charge on any atom is 0.129 e. The molecule has 1 rings (SSSR count). The van der Waals surface area contributed by atoms with Gasteiger partial charge >= 0.3 is 0 Å². The van der Waals surface area contributed by atoms with Gasteiger partial charge in [-0.2, -0.15) is 0 Å². The molecule has 0 spiro atoms. The molecule has 0 saturated carbocycles. The minimum atomic E-state index is -0.0210. The molecule has 0 aliphatic carbocycles. The SMILES string of the molecule is C=CC[C@@H](N)c1ccc(Cl)nc1. The van der Waals surface area contributed by atoms with Gasteiger partial charge in [0.1, 0.15) is 5.15 Å². The highest BCUT2D eigenvalue weighted by Crippen LogP contribution is 2.14. The second-order valence-corrected chi connectivity index (χ2v) is 2.93. The molecule has 12 heavy (non-hydrogen) atoms. The molecule has 1 heterocycles. The molecule has 0 fully saturated rings. The van der Waals surface area contributed by atoms with Crippen LogP contribution in [0.15, 0.2) is 31.0 Å². The van der Waals surface area contributed by atoms with E-state index in [-0.39, 0.29) is 6.04 Å². The Labute approximate surface area is 77.1 Å². The number of nitrogens with zero attached hydrogens (tertiary/aromatic N) is 1. The molecule has 0 radical (unpaired) electrons. The van der Waals surface area contributed by atoms with E-state index in [1.54, 1.807) is 18.3 Å². The highest BCUT2D eigenvalue weighted by molar-refractivity contribution is 6.29. The van der Waals surface area contributed by atoms with Crippen LogP contribution in [0.4, 0.5) is 0 Å². The highest BCUT2D eigenvalue weighted by Gasteiger charge is 2.02. The molecular formula is C9H11ClN2. The highest BCUT2D eigenvalue weighted by atomic mass is 35.5. The molecule has 0 amide bonds. The van der Waals surface area contributed by atoms with Crippen molar-refractivity contribution in [2.45, 2.75) is 12.5 Å². The van der Waals surface area contributed by atoms with Gasteiger partial charge in [0.05, 0.1) is 0 Å². The number of hydrogen-bond donors (Lipinski definition) is 1. The third-order valence-corrected chi connectivity index (χ3v) is 1.82. The molecule has 64 valence electrons. The first-order valence-electron chi connectivity index (χ1n) is 3.72. The number of nitrogens with two attached hydrogens (primary N) is 1. The van der Waals surface area contributed by atoms with Gasteiger partial charge in [0.25, 0.3) is 0 Å². The van der Waals surface area contributed by atoms with Crippen molar-refractivity contribution in [1.29, 1.82) is 0 Å². The zero-order valence-corrected chi connectivity index (χ0v) is 7.46. The van der Waals surface area contributed by atoms with Crippen LogP contribution in [0.1, 0.15) is 18.0 Å². The van der Waals surface area contributed by atoms with Crippen LogP contribution < -0.4 is 5.73 Å². The minimum absolute atomic E-state index is 0.0210. The van der Waals surface area contributed by atoms with E-state index in [4.69, 9.17) is 17.3 Å². The summed E-state index contributed by atoms with van der Waals surface area (Å²) in [5.41, 5.74) is 6.79. The monoisotopic (exact) mass is 182 g/mol. The largest absolute Gasteiger partial charge is 0.324 e. The van der Waals surface area contributed by atoms with Crippen molar-refractivity contribution in [2.24, 2.45) is 5.73 Å². The molecule has 0 bridgehead atoms. The fourth-order valence-electron chi connectivity index (χ4n) is 0.922. The van der Waals surface area contributed by atoms with Gasteiger partial charge in [-0.05, 0) is 18.1 Å². The summed E-state index contributed by atoms with van der Waals surface area (Å²) in [6.07, 6.45) is 4.24. The van der Waals surface area contributed by atoms with Gasteiger partial charge in [0.2, 0.25) is 0 Å². The number of aromatic nitrogens is 1. The maximum atomic E-state index is 5.80. The summed E-state index contributed by atoms with van der Waals surface area (Å²) in [5, 5.41) is 0.490. The topological polar surface area (TPSA) is 38.9 Å². The maximum absolute atomic E-state index is 5.80. The van der Waals surface area contributed by atoms with E-state index in [9.17, 15) is 0 Å². The molecular weight excluding hydrogens is 172 g/mol. The first-order valence-corrected chi connectivity index (χ1v) is 4.09. The molecule has 3 heteroatoms. The second kappa shape index (κ2) is 4.24. The van der Waals surface area contributed by atoms with Crippen LogP contribution in [0.3, 0.4) is 0 Å². The van der Waals surface area contributed by atoms with Gasteiger partial charge in [-0.25, -0.2) is 4.98 Å². The molecule has 0 aliphatic heterocycles. The van der Waals surface area contributed by atoms with Gasteiger partial charge in [-0.1, -0.05) is 23.7 Å². The number of pyridine rings is 1. The van der Waals surface area contributed by atoms with E-state index < -0.39 is 0 Å². The zero-order chi connectivity index (χ0) is 8.97. The van der Waals surface area contributed by atoms with Gasteiger partial charge in [0.15, 0.2) is 0 Å². The lowest BCUT2D eigenvalue weighted by atomic mass is 10.1. The van der Waals surface area contributed by atoms with Gasteiger partial charge in [0, 0.05) is 12.2 Å². The minimum Gasteiger partial charge on any atom is -0.324 e. The zero-order valence-electron chi connectivity index (χ0n) is 6.70. The van der Waals surface area contributed by atoms with E-state index in [0.717, 1.165) is 12.0 Å². The van der Waals surface area contributed by atoms with E-state index >= 15 is 0 Å². The molecule has 1 aromatic heterocycles. The van der Waals surface area contributed by atoms with Gasteiger partial charge < -0.3 is 5.73 Å². The Balaban J connectivity index is 2.74. The van der Waals surface area contributed by atoms with Crippen molar-refractivity contribution in [3.8, 4) is 0 Å². The number of rotatable bonds is 3. The summed E-state index contributed by atoms with van der Waals surface area (Å²) in [6, 6.07) is 3.59. The van der Waals surface area contributed by atoms with Crippen molar-refractivity contribution in [2.75, 3.05) is 0 Å². The fraction of sp³-hybridized carbons (Fsp3) is 0.222. The summed E-state index contributed by atoms with van der Waals surface area (Å²) >= 11 is 5.62. The standard InChI is InChI=1S/C9H11ClN2/c1-2-3-8(11)7-4-5-9(10)12-6-7/h2,4-6,8H,1,3,11H2/t8-/m1/s1. The summed E-state index contributed by atoms with van der Waals surface area (Å²) < 4.78 is 0. The number of halogens is 1. The Hall–Kier alpha value is -0.860. The van der Waals surface area contributed by atoms with Crippen molar-refractivity contribution < 1.29 is 0 Å². The molecule has 1 atom stereocenters. The van der Waals surface area contributed by atoms with E-state index in [1.165, 1.54) is 0 Å². The van der Waals surface area contributed by atoms with Crippen molar-refractivity contribution in [1.82, 2.24) is 4.98 Å². The summed E-state index contributed by atoms with van der Waals surface area (Å²) in [4.78, 5) is 3.93. The summed E-state index contributed by atoms with van der Waals surface area (Å²) in [7, 11) is 0. The van der Waals surface area contributed by atoms with Crippen LogP contribution in [0, 0.1) is 0 Å². The molecule has 2 nitrogen and oxygen atoms in total. The third-order valence-electron chi connectivity index (χ3n) is 1.60. The lowest BCUT2D eigenvalue weighted by Gasteiger charge is -2.07. The van der Waals surface area contributed by atoms with E-state index in [2.05, 4.69) is 11.6 Å². The Kier molecular flexibility index (Phi) is 3.26. The van der Waals surface area contributed by atoms with Crippen LogP contribution in [0.25, 0.3) is 0 Å². The van der Waals surface area contributed by atoms with Gasteiger partial charge in [-0.15, -0.1) is 6.58 Å². The van der Waals surface area contributed by atoms with Crippen LogP contribution >= 0.6 is 11.6 Å². The third kappa shape index (κ3) is 2.32. The van der Waals surface area contributed by atoms with Crippen molar-refractivity contribution in [3.63, 3.8) is 0 Å². The first kappa shape index (κ1) is 9.23. The Bertz CT molecular complexity index is 256. The average molecular weight is 183 g/mol. The second-order valence-electron chi connectivity index (χ2n) is 2.55. The normalized spacial score (nSPS) is 12.5. The van der Waals surface area contributed by atoms with Crippen LogP contribution in [-0.2, 0) is 0 Å². The molecule has 1 aromatic rings. The molecule has 0 saturated heterocycles. The number of hydrogen-bond acceptors (Lipinski definition) is 2. The molecule has 0 unspecified atom stereocenters. The van der Waals surface area contributed by atoms with Crippen LogP contribution in [-0.4, -0.2) is 4.98 Å². The summed E-state index contributed by atoms with van der Waals surface area (Å²) in [6.45, 7) is 3.62. The van der Waals surface area contributed by atoms with Gasteiger partial charge in [-0.3, -0.25) is 0 Å². The predicted molar refractivity (Wildman–Crippen MR) is 51.0 cm³/mol. The molecule has 2 N–H and O–H groups in total. The average Bonchev–Trinajstić information content (AvgIpc) is 2.06. The smallest absolute Gasteiger partial charge is 0.129 e. The van der Waals surface area contributed by atoms with Crippen molar-refractivity contribution in [3.05, 3.63) is 41.7 Å². The lowest BCUT2D eigenvalue weighted by Crippen LogP contribution is -2.08. The lowest BCUT2D eigenvalue weighted by molar-refractivity contribution is 0.737. The van der Waals surface area contributed by atoms with Crippen LogP contribution in [0.2, 0.25) is 5.15 Å². The fourth-order valence-corrected chi connectivity index (χ4v) is 1.03. The first-order chi connectivity index (χ1) is 5.74. The summed E-state index contributed by atoms with van der Waals surface area (Å²) in [5.74, 6) is 0. The van der Waals surface area contributed by atoms with Crippen LogP contribution in [0.5, 0.6) is 0 Å². The Morgan fingerprint density at radius 3 is 2.92 bits per heavy atom. The molecule has 0 aromatic carbocycles. The molecule has 0 aliphatic rings. The van der Waals surface area contributed by atoms with Crippen molar-refractivity contribution >= 4 is 11.6 Å². The quantitative estimate of drug-likeness (QED) is 0.576. The van der Waals surface area contributed by atoms with E-state index in [1.807, 2.05) is 6.07 Å². The predicted octanol–water partition coefficient (Wildman–Crippen LogP) is 2.31.